The van der Waals surface area contributed by atoms with Crippen molar-refractivity contribution in [3.8, 4) is 0 Å². The fourth-order valence-corrected chi connectivity index (χ4v) is 2.75. The molecule has 0 bridgehead atoms. The molecule has 158 valence electrons. The van der Waals surface area contributed by atoms with E-state index in [1.165, 1.54) is 0 Å². The number of carbonyl (C=O) groups is 2. The second-order valence-electron chi connectivity index (χ2n) is 6.76. The first-order valence-electron chi connectivity index (χ1n) is 8.48. The number of nitrogens with one attached hydrogen (secondary N) is 3. The number of fused-ring (bicyclic) bond motifs is 1. The van der Waals surface area contributed by atoms with E-state index in [-0.39, 0.29) is 61.2 Å². The van der Waals surface area contributed by atoms with Gasteiger partial charge in [0.25, 0.3) is 5.56 Å². The van der Waals surface area contributed by atoms with Crippen molar-refractivity contribution in [1.82, 2.24) is 25.4 Å². The van der Waals surface area contributed by atoms with E-state index in [1.54, 1.807) is 11.7 Å². The fourth-order valence-electron chi connectivity index (χ4n) is 2.75. The monoisotopic (exact) mass is 434 g/mol. The molecule has 2 amide bonds. The van der Waals surface area contributed by atoms with Crippen molar-refractivity contribution in [3.63, 3.8) is 0 Å². The van der Waals surface area contributed by atoms with Crippen LogP contribution < -0.4 is 21.9 Å². The minimum Gasteiger partial charge on any atom is -0.350 e. The number of pyridine rings is 1. The van der Waals surface area contributed by atoms with Crippen LogP contribution in [0.5, 0.6) is 0 Å². The van der Waals surface area contributed by atoms with Crippen LogP contribution in [0.25, 0.3) is 11.0 Å². The zero-order valence-corrected chi connectivity index (χ0v) is 18.2. The topological polar surface area (TPSA) is 135 Å². The molecule has 0 radical (unpaired) electrons. The molecule has 2 aromatic rings. The van der Waals surface area contributed by atoms with Gasteiger partial charge in [0.2, 0.25) is 11.8 Å². The molecule has 0 aliphatic carbocycles. The lowest BCUT2D eigenvalue weighted by Crippen LogP contribution is -2.47. The zero-order chi connectivity index (χ0) is 19.6. The van der Waals surface area contributed by atoms with Crippen molar-refractivity contribution in [1.29, 1.82) is 0 Å². The Morgan fingerprint density at radius 2 is 1.82 bits per heavy atom. The van der Waals surface area contributed by atoms with Gasteiger partial charge >= 0.3 is 0 Å². The van der Waals surface area contributed by atoms with Crippen LogP contribution in [0, 0.1) is 19.8 Å². The van der Waals surface area contributed by atoms with Crippen LogP contribution in [0.2, 0.25) is 0 Å². The van der Waals surface area contributed by atoms with Crippen LogP contribution in [0.3, 0.4) is 0 Å². The third-order valence-corrected chi connectivity index (χ3v) is 4.48. The number of halogens is 2. The predicted molar refractivity (Wildman–Crippen MR) is 113 cm³/mol. The van der Waals surface area contributed by atoms with Crippen molar-refractivity contribution in [2.75, 3.05) is 6.54 Å². The first-order valence-corrected chi connectivity index (χ1v) is 8.48. The van der Waals surface area contributed by atoms with Crippen LogP contribution in [-0.4, -0.2) is 39.2 Å². The molecule has 9 nitrogen and oxygen atoms in total. The standard InChI is InChI=1S/C17H26N6O3.2ClH/c1-8(2)14(18)17(26)20-7-12(24)19-6-11-9(3)13-15(21-10(11)4)23(5)22-16(13)25;;/h8,14H,6-7,18H2,1-5H3,(H,19,24)(H,20,26)(H,22,25);2*1H/t14-;;/m0../s1. The Morgan fingerprint density at radius 1 is 1.21 bits per heavy atom. The van der Waals surface area contributed by atoms with E-state index in [0.717, 1.165) is 16.8 Å². The van der Waals surface area contributed by atoms with Gasteiger partial charge in [0.1, 0.15) is 0 Å². The Bertz CT molecular complexity index is 906. The van der Waals surface area contributed by atoms with Gasteiger partial charge in [0, 0.05) is 19.3 Å². The van der Waals surface area contributed by atoms with Gasteiger partial charge in [0.15, 0.2) is 5.65 Å². The van der Waals surface area contributed by atoms with Gasteiger partial charge in [-0.3, -0.25) is 24.2 Å². The minimum absolute atomic E-state index is 0. The Hall–Kier alpha value is -2.10. The van der Waals surface area contributed by atoms with E-state index in [2.05, 4.69) is 20.7 Å². The number of carbonyl (C=O) groups excluding carboxylic acids is 2. The summed E-state index contributed by atoms with van der Waals surface area (Å²) in [6.45, 7) is 7.40. The summed E-state index contributed by atoms with van der Waals surface area (Å²) in [5.74, 6) is -0.707. The van der Waals surface area contributed by atoms with Crippen molar-refractivity contribution in [2.45, 2.75) is 40.3 Å². The molecule has 0 aromatic carbocycles. The summed E-state index contributed by atoms with van der Waals surface area (Å²) >= 11 is 0. The maximum atomic E-state index is 12.1. The van der Waals surface area contributed by atoms with Crippen LogP contribution in [-0.2, 0) is 23.2 Å². The van der Waals surface area contributed by atoms with Crippen LogP contribution in [0.15, 0.2) is 4.79 Å². The van der Waals surface area contributed by atoms with Gasteiger partial charge in [-0.1, -0.05) is 13.8 Å². The molecule has 0 spiro atoms. The highest BCUT2D eigenvalue weighted by Crippen LogP contribution is 2.19. The smallest absolute Gasteiger partial charge is 0.273 e. The Kier molecular flexibility index (Phi) is 9.66. The summed E-state index contributed by atoms with van der Waals surface area (Å²) in [5, 5.41) is 8.46. The van der Waals surface area contributed by atoms with Crippen LogP contribution in [0.4, 0.5) is 0 Å². The molecular formula is C17H28Cl2N6O3. The number of nitrogens with two attached hydrogens (primary N) is 1. The normalized spacial score (nSPS) is 11.5. The second-order valence-corrected chi connectivity index (χ2v) is 6.76. The van der Waals surface area contributed by atoms with Gasteiger partial charge in [-0.05, 0) is 30.9 Å². The zero-order valence-electron chi connectivity index (χ0n) is 16.6. The molecular weight excluding hydrogens is 407 g/mol. The van der Waals surface area contributed by atoms with Gasteiger partial charge in [-0.2, -0.15) is 0 Å². The minimum atomic E-state index is -0.649. The quantitative estimate of drug-likeness (QED) is 0.522. The van der Waals surface area contributed by atoms with E-state index >= 15 is 0 Å². The third-order valence-electron chi connectivity index (χ3n) is 4.48. The molecule has 0 fully saturated rings. The maximum absolute atomic E-state index is 12.1. The first kappa shape index (κ1) is 25.9. The number of aromatic nitrogens is 3. The molecule has 0 aliphatic rings. The molecule has 2 heterocycles. The fraction of sp³-hybridized carbons (Fsp3) is 0.529. The van der Waals surface area contributed by atoms with Gasteiger partial charge < -0.3 is 16.4 Å². The Morgan fingerprint density at radius 3 is 2.39 bits per heavy atom. The van der Waals surface area contributed by atoms with Crippen molar-refractivity contribution < 1.29 is 9.59 Å². The second kappa shape index (κ2) is 10.4. The predicted octanol–water partition coefficient (Wildman–Crippen LogP) is 0.438. The summed E-state index contributed by atoms with van der Waals surface area (Å²) in [6.07, 6.45) is 0. The van der Waals surface area contributed by atoms with E-state index in [0.29, 0.717) is 11.0 Å². The molecule has 2 aromatic heterocycles. The highest BCUT2D eigenvalue weighted by Gasteiger charge is 2.18. The Labute approximate surface area is 175 Å². The number of rotatable bonds is 6. The number of hydrogen-bond acceptors (Lipinski definition) is 5. The largest absolute Gasteiger partial charge is 0.350 e. The molecule has 5 N–H and O–H groups in total. The summed E-state index contributed by atoms with van der Waals surface area (Å²) < 4.78 is 1.58. The average Bonchev–Trinajstić information content (AvgIpc) is 2.85. The van der Waals surface area contributed by atoms with Crippen molar-refractivity contribution in [3.05, 3.63) is 27.2 Å². The lowest BCUT2D eigenvalue weighted by atomic mass is 10.0. The molecule has 1 atom stereocenters. The molecule has 28 heavy (non-hydrogen) atoms. The molecule has 11 heteroatoms. The number of amides is 2. The number of H-pyrrole nitrogens is 1. The highest BCUT2D eigenvalue weighted by molar-refractivity contribution is 5.87. The SMILES string of the molecule is Cc1nc2c(c(C)c1CNC(=O)CNC(=O)[C@@H](N)C(C)C)c(=O)[nH]n2C.Cl.Cl. The molecule has 0 saturated carbocycles. The van der Waals surface area contributed by atoms with Gasteiger partial charge in [0.05, 0.1) is 18.0 Å². The third kappa shape index (κ3) is 5.46. The lowest BCUT2D eigenvalue weighted by Gasteiger charge is -2.15. The summed E-state index contributed by atoms with van der Waals surface area (Å²) in [6, 6.07) is -0.649. The summed E-state index contributed by atoms with van der Waals surface area (Å²) in [4.78, 5) is 40.3. The van der Waals surface area contributed by atoms with E-state index < -0.39 is 6.04 Å². The summed E-state index contributed by atoms with van der Waals surface area (Å²) in [5.41, 5.74) is 8.39. The Balaban J connectivity index is 0.00000364. The highest BCUT2D eigenvalue weighted by atomic mass is 35.5. The van der Waals surface area contributed by atoms with Crippen molar-refractivity contribution in [2.24, 2.45) is 18.7 Å². The molecule has 2 rings (SSSR count). The number of aromatic amines is 1. The summed E-state index contributed by atoms with van der Waals surface area (Å²) in [7, 11) is 1.72. The first-order chi connectivity index (χ1) is 12.1. The number of nitrogens with zero attached hydrogens (tertiary/aromatic N) is 2. The van der Waals surface area contributed by atoms with Crippen LogP contribution >= 0.6 is 24.8 Å². The van der Waals surface area contributed by atoms with Crippen molar-refractivity contribution >= 4 is 47.7 Å². The van der Waals surface area contributed by atoms with E-state index in [9.17, 15) is 14.4 Å². The van der Waals surface area contributed by atoms with E-state index in [4.69, 9.17) is 5.73 Å². The van der Waals surface area contributed by atoms with Gasteiger partial charge in [-0.15, -0.1) is 24.8 Å². The number of aryl methyl sites for hydroxylation is 3. The average molecular weight is 435 g/mol. The van der Waals surface area contributed by atoms with E-state index in [1.807, 2.05) is 27.7 Å². The maximum Gasteiger partial charge on any atom is 0.273 e. The lowest BCUT2D eigenvalue weighted by molar-refractivity contribution is -0.127. The number of hydrogen-bond donors (Lipinski definition) is 4. The van der Waals surface area contributed by atoms with Gasteiger partial charge in [-0.25, -0.2) is 4.98 Å². The molecule has 0 saturated heterocycles. The molecule has 0 aliphatic heterocycles. The molecule has 0 unspecified atom stereocenters. The van der Waals surface area contributed by atoms with Crippen LogP contribution in [0.1, 0.15) is 30.7 Å².